The number of nitrogens with one attached hydrogen (secondary N) is 1. The van der Waals surface area contributed by atoms with Crippen LogP contribution in [0.15, 0.2) is 42.7 Å². The lowest BCUT2D eigenvalue weighted by Gasteiger charge is -2.27. The summed E-state index contributed by atoms with van der Waals surface area (Å²) in [7, 11) is 0. The molecule has 2 N–H and O–H groups in total. The van der Waals surface area contributed by atoms with Gasteiger partial charge in [-0.25, -0.2) is 4.68 Å². The molecule has 0 aliphatic carbocycles. The number of carboxylic acid groups (broad SMARTS) is 1. The average molecular weight is 357 g/mol. The van der Waals surface area contributed by atoms with E-state index in [4.69, 9.17) is 4.74 Å². The summed E-state index contributed by atoms with van der Waals surface area (Å²) in [6.45, 7) is 1.31. The molecule has 1 aliphatic rings. The van der Waals surface area contributed by atoms with Gasteiger partial charge in [0.05, 0.1) is 24.2 Å². The van der Waals surface area contributed by atoms with Crippen molar-refractivity contribution in [3.05, 3.63) is 48.3 Å². The molecule has 3 rings (SSSR count). The highest BCUT2D eigenvalue weighted by Gasteiger charge is 2.30. The van der Waals surface area contributed by atoms with Crippen LogP contribution in [-0.4, -0.2) is 46.5 Å². The monoisotopic (exact) mass is 357 g/mol. The molecule has 2 aromatic rings. The smallest absolute Gasteiger partial charge is 0.308 e. The first kappa shape index (κ1) is 18.1. The van der Waals surface area contributed by atoms with E-state index in [1.807, 2.05) is 36.5 Å². The summed E-state index contributed by atoms with van der Waals surface area (Å²) in [6, 6.07) is 9.64. The van der Waals surface area contributed by atoms with Gasteiger partial charge in [0.1, 0.15) is 0 Å². The van der Waals surface area contributed by atoms with Crippen molar-refractivity contribution in [3.63, 3.8) is 0 Å². The summed E-state index contributed by atoms with van der Waals surface area (Å²) >= 11 is 0. The highest BCUT2D eigenvalue weighted by atomic mass is 16.5. The molecule has 7 heteroatoms. The number of carbonyl (C=O) groups is 2. The zero-order valence-electron chi connectivity index (χ0n) is 14.5. The van der Waals surface area contributed by atoms with Crippen molar-refractivity contribution in [3.8, 4) is 5.69 Å². The van der Waals surface area contributed by atoms with Crippen LogP contribution in [0.3, 0.4) is 0 Å². The first-order valence-electron chi connectivity index (χ1n) is 8.79. The van der Waals surface area contributed by atoms with Crippen molar-refractivity contribution >= 4 is 11.9 Å². The number of para-hydroxylation sites is 1. The van der Waals surface area contributed by atoms with Crippen LogP contribution in [-0.2, 0) is 20.7 Å². The standard InChI is InChI=1S/C19H23N3O4/c23-18(20-12-17(19(24)25)15-6-8-26-9-7-15)10-14-11-21-22(13-14)16-4-2-1-3-5-16/h1-5,11,13,15,17H,6-10,12H2,(H,20,23)(H,24,25). The minimum absolute atomic E-state index is 0.0439. The lowest BCUT2D eigenvalue weighted by atomic mass is 9.86. The molecule has 1 fully saturated rings. The van der Waals surface area contributed by atoms with Crippen molar-refractivity contribution in [1.29, 1.82) is 0 Å². The third-order valence-electron chi connectivity index (χ3n) is 4.69. The van der Waals surface area contributed by atoms with Gasteiger partial charge in [-0.1, -0.05) is 18.2 Å². The van der Waals surface area contributed by atoms with Crippen molar-refractivity contribution in [2.45, 2.75) is 19.3 Å². The highest BCUT2D eigenvalue weighted by molar-refractivity contribution is 5.79. The Labute approximate surface area is 152 Å². The normalized spacial score (nSPS) is 16.2. The molecule has 2 heterocycles. The molecule has 1 saturated heterocycles. The number of aromatic nitrogens is 2. The Bertz CT molecular complexity index is 738. The van der Waals surface area contributed by atoms with E-state index in [0.29, 0.717) is 13.2 Å². The second-order valence-corrected chi connectivity index (χ2v) is 6.50. The van der Waals surface area contributed by atoms with Crippen LogP contribution in [0.1, 0.15) is 18.4 Å². The number of amides is 1. The maximum absolute atomic E-state index is 12.2. The summed E-state index contributed by atoms with van der Waals surface area (Å²) < 4.78 is 7.00. The number of carbonyl (C=O) groups excluding carboxylic acids is 1. The fraction of sp³-hybridized carbons (Fsp3) is 0.421. The molecular formula is C19H23N3O4. The van der Waals surface area contributed by atoms with Gasteiger partial charge in [-0.2, -0.15) is 5.10 Å². The van der Waals surface area contributed by atoms with E-state index in [9.17, 15) is 14.7 Å². The summed E-state index contributed by atoms with van der Waals surface area (Å²) in [5.74, 6) is -1.60. The number of carboxylic acids is 1. The largest absolute Gasteiger partial charge is 0.481 e. The Morgan fingerprint density at radius 1 is 1.27 bits per heavy atom. The number of ether oxygens (including phenoxy) is 1. The van der Waals surface area contributed by atoms with Gasteiger partial charge >= 0.3 is 5.97 Å². The number of hydrogen-bond donors (Lipinski definition) is 2. The number of benzene rings is 1. The van der Waals surface area contributed by atoms with E-state index >= 15 is 0 Å². The number of rotatable bonds is 7. The lowest BCUT2D eigenvalue weighted by Crippen LogP contribution is -2.39. The Kier molecular flexibility index (Phi) is 6.01. The van der Waals surface area contributed by atoms with Gasteiger partial charge in [0.15, 0.2) is 0 Å². The molecule has 26 heavy (non-hydrogen) atoms. The molecule has 0 bridgehead atoms. The van der Waals surface area contributed by atoms with Crippen LogP contribution in [0, 0.1) is 11.8 Å². The van der Waals surface area contributed by atoms with Crippen molar-refractivity contribution in [1.82, 2.24) is 15.1 Å². The minimum Gasteiger partial charge on any atom is -0.481 e. The molecule has 138 valence electrons. The van der Waals surface area contributed by atoms with Gasteiger partial charge in [-0.3, -0.25) is 9.59 Å². The van der Waals surface area contributed by atoms with E-state index in [1.54, 1.807) is 10.9 Å². The number of nitrogens with zero attached hydrogens (tertiary/aromatic N) is 2. The van der Waals surface area contributed by atoms with Crippen molar-refractivity contribution < 1.29 is 19.4 Å². The van der Waals surface area contributed by atoms with Crippen LogP contribution in [0.25, 0.3) is 5.69 Å². The molecule has 7 nitrogen and oxygen atoms in total. The van der Waals surface area contributed by atoms with Crippen molar-refractivity contribution in [2.24, 2.45) is 11.8 Å². The van der Waals surface area contributed by atoms with E-state index in [1.165, 1.54) is 0 Å². The van der Waals surface area contributed by atoms with E-state index in [2.05, 4.69) is 10.4 Å². The van der Waals surface area contributed by atoms with Gasteiger partial charge in [-0.15, -0.1) is 0 Å². The molecule has 1 amide bonds. The maximum atomic E-state index is 12.2. The predicted octanol–water partition coefficient (Wildman–Crippen LogP) is 1.66. The van der Waals surface area contributed by atoms with Gasteiger partial charge in [0.25, 0.3) is 0 Å². The minimum atomic E-state index is -0.867. The second-order valence-electron chi connectivity index (χ2n) is 6.50. The van der Waals surface area contributed by atoms with E-state index in [0.717, 1.165) is 24.1 Å². The summed E-state index contributed by atoms with van der Waals surface area (Å²) in [6.07, 6.45) is 5.07. The quantitative estimate of drug-likeness (QED) is 0.786. The highest BCUT2D eigenvalue weighted by Crippen LogP contribution is 2.23. The summed E-state index contributed by atoms with van der Waals surface area (Å²) in [5, 5.41) is 16.5. The second kappa shape index (κ2) is 8.62. The predicted molar refractivity (Wildman–Crippen MR) is 94.9 cm³/mol. The molecular weight excluding hydrogens is 334 g/mol. The topological polar surface area (TPSA) is 93.5 Å². The van der Waals surface area contributed by atoms with E-state index < -0.39 is 11.9 Å². The maximum Gasteiger partial charge on any atom is 0.308 e. The van der Waals surface area contributed by atoms with Crippen LogP contribution in [0.5, 0.6) is 0 Å². The molecule has 0 saturated carbocycles. The Balaban J connectivity index is 1.53. The fourth-order valence-electron chi connectivity index (χ4n) is 3.22. The number of hydrogen-bond acceptors (Lipinski definition) is 4. The molecule has 1 atom stereocenters. The molecule has 1 aliphatic heterocycles. The third-order valence-corrected chi connectivity index (χ3v) is 4.69. The van der Waals surface area contributed by atoms with E-state index in [-0.39, 0.29) is 24.8 Å². The summed E-state index contributed by atoms with van der Waals surface area (Å²) in [5.41, 5.74) is 1.70. The average Bonchev–Trinajstić information content (AvgIpc) is 3.11. The molecule has 1 aromatic carbocycles. The Hall–Kier alpha value is -2.67. The van der Waals surface area contributed by atoms with Gasteiger partial charge < -0.3 is 15.2 Å². The fourth-order valence-corrected chi connectivity index (χ4v) is 3.22. The molecule has 1 unspecified atom stereocenters. The van der Waals surface area contributed by atoms with Crippen molar-refractivity contribution in [2.75, 3.05) is 19.8 Å². The van der Waals surface area contributed by atoms with Gasteiger partial charge in [0, 0.05) is 26.0 Å². The number of aliphatic carboxylic acids is 1. The first-order chi connectivity index (χ1) is 12.6. The van der Waals surface area contributed by atoms with Gasteiger partial charge in [0.2, 0.25) is 5.91 Å². The van der Waals surface area contributed by atoms with Crippen LogP contribution >= 0.6 is 0 Å². The third kappa shape index (κ3) is 4.70. The van der Waals surface area contributed by atoms with Crippen LogP contribution in [0.4, 0.5) is 0 Å². The first-order valence-corrected chi connectivity index (χ1v) is 8.79. The zero-order valence-corrected chi connectivity index (χ0v) is 14.5. The molecule has 0 radical (unpaired) electrons. The van der Waals surface area contributed by atoms with Crippen LogP contribution in [0.2, 0.25) is 0 Å². The summed E-state index contributed by atoms with van der Waals surface area (Å²) in [4.78, 5) is 23.7. The molecule has 0 spiro atoms. The van der Waals surface area contributed by atoms with Gasteiger partial charge in [-0.05, 0) is 36.5 Å². The van der Waals surface area contributed by atoms with Crippen LogP contribution < -0.4 is 5.32 Å². The lowest BCUT2D eigenvalue weighted by molar-refractivity contribution is -0.144. The zero-order chi connectivity index (χ0) is 18.4. The Morgan fingerprint density at radius 3 is 2.69 bits per heavy atom. The SMILES string of the molecule is O=C(Cc1cnn(-c2ccccc2)c1)NCC(C(=O)O)C1CCOCC1. The Morgan fingerprint density at radius 2 is 2.00 bits per heavy atom. The molecule has 1 aromatic heterocycles.